The highest BCUT2D eigenvalue weighted by Gasteiger charge is 2.14. The maximum absolute atomic E-state index is 8.99. The number of hydrogen-bond donors (Lipinski definition) is 2. The first-order valence-corrected chi connectivity index (χ1v) is 10.6. The van der Waals surface area contributed by atoms with Crippen LogP contribution in [0, 0.1) is 11.3 Å². The third-order valence-electron chi connectivity index (χ3n) is 4.86. The molecule has 2 N–H and O–H groups in total. The van der Waals surface area contributed by atoms with Gasteiger partial charge in [-0.25, -0.2) is 9.97 Å². The van der Waals surface area contributed by atoms with Gasteiger partial charge in [-0.3, -0.25) is 0 Å². The fourth-order valence-corrected chi connectivity index (χ4v) is 3.72. The number of anilines is 4. The summed E-state index contributed by atoms with van der Waals surface area (Å²) >= 11 is 5.60. The Bertz CT molecular complexity index is 1090. The fourth-order valence-electron chi connectivity index (χ4n) is 3.50. The number of thiocarbonyl (C=S) groups is 1. The summed E-state index contributed by atoms with van der Waals surface area (Å²) in [6, 6.07) is 14.5. The first-order valence-electron chi connectivity index (χ1n) is 10.2. The average molecular weight is 434 g/mol. The number of fused-ring (bicyclic) bond motifs is 1. The van der Waals surface area contributed by atoms with E-state index in [0.717, 1.165) is 40.9 Å². The van der Waals surface area contributed by atoms with Gasteiger partial charge in [0.05, 0.1) is 18.7 Å². The minimum Gasteiger partial charge on any atom is -0.377 e. The van der Waals surface area contributed by atoms with Gasteiger partial charge >= 0.3 is 0 Å². The molecule has 0 saturated carbocycles. The molecular formula is C23H27N7S. The lowest BCUT2D eigenvalue weighted by molar-refractivity contribution is 0.755. The van der Waals surface area contributed by atoms with E-state index in [0.29, 0.717) is 23.8 Å². The van der Waals surface area contributed by atoms with Crippen LogP contribution in [0.25, 0.3) is 10.8 Å². The molecule has 0 radical (unpaired) electrons. The van der Waals surface area contributed by atoms with Gasteiger partial charge in [-0.05, 0) is 30.8 Å². The van der Waals surface area contributed by atoms with Crippen LogP contribution in [0.2, 0.25) is 0 Å². The van der Waals surface area contributed by atoms with Crippen molar-refractivity contribution in [1.82, 2.24) is 9.97 Å². The van der Waals surface area contributed by atoms with E-state index in [1.807, 2.05) is 32.3 Å². The predicted octanol–water partition coefficient (Wildman–Crippen LogP) is 4.63. The third kappa shape index (κ3) is 5.38. The van der Waals surface area contributed by atoms with Gasteiger partial charge in [0.25, 0.3) is 0 Å². The molecule has 1 heterocycles. The Morgan fingerprint density at radius 3 is 2.52 bits per heavy atom. The number of rotatable bonds is 8. The smallest absolute Gasteiger partial charge is 0.175 e. The van der Waals surface area contributed by atoms with Gasteiger partial charge in [0.2, 0.25) is 0 Å². The molecule has 160 valence electrons. The predicted molar refractivity (Wildman–Crippen MR) is 133 cm³/mol. The molecule has 0 amide bonds. The van der Waals surface area contributed by atoms with Crippen LogP contribution in [0.5, 0.6) is 0 Å². The van der Waals surface area contributed by atoms with Crippen molar-refractivity contribution in [1.29, 1.82) is 5.26 Å². The van der Waals surface area contributed by atoms with Crippen molar-refractivity contribution in [3.63, 3.8) is 0 Å². The minimum absolute atomic E-state index is 0.427. The molecule has 7 nitrogen and oxygen atoms in total. The van der Waals surface area contributed by atoms with E-state index in [4.69, 9.17) is 17.5 Å². The summed E-state index contributed by atoms with van der Waals surface area (Å²) in [5.41, 5.74) is 2.78. The molecule has 0 unspecified atom stereocenters. The lowest BCUT2D eigenvalue weighted by Crippen LogP contribution is -2.28. The van der Waals surface area contributed by atoms with E-state index < -0.39 is 0 Å². The van der Waals surface area contributed by atoms with E-state index in [1.165, 1.54) is 6.33 Å². The van der Waals surface area contributed by atoms with E-state index >= 15 is 0 Å². The summed E-state index contributed by atoms with van der Waals surface area (Å²) in [6.07, 6.45) is 4.59. The summed E-state index contributed by atoms with van der Waals surface area (Å²) in [4.78, 5) is 12.8. The summed E-state index contributed by atoms with van der Waals surface area (Å²) in [5, 5.41) is 18.2. The van der Waals surface area contributed by atoms with E-state index in [9.17, 15) is 0 Å². The minimum atomic E-state index is 0.427. The second-order valence-corrected chi connectivity index (χ2v) is 7.71. The van der Waals surface area contributed by atoms with Crippen molar-refractivity contribution >= 4 is 51.0 Å². The average Bonchev–Trinajstić information content (AvgIpc) is 2.77. The highest BCUT2D eigenvalue weighted by atomic mass is 32.1. The maximum Gasteiger partial charge on any atom is 0.175 e. The number of hydrogen-bond acceptors (Lipinski definition) is 6. The zero-order chi connectivity index (χ0) is 22.2. The summed E-state index contributed by atoms with van der Waals surface area (Å²) in [7, 11) is 4.07. The molecule has 0 bridgehead atoms. The summed E-state index contributed by atoms with van der Waals surface area (Å²) in [5.74, 6) is 0.740. The molecule has 8 heteroatoms. The largest absolute Gasteiger partial charge is 0.377 e. The molecule has 0 aliphatic carbocycles. The number of aromatic nitrogens is 2. The Morgan fingerprint density at radius 1 is 1.06 bits per heavy atom. The Labute approximate surface area is 188 Å². The van der Waals surface area contributed by atoms with Gasteiger partial charge in [-0.1, -0.05) is 31.2 Å². The standard InChI is InChI=1S/C23H27N7S/c1-4-13-30(14-7-12-24)22-20(15-25-16-26-22)28-23(31)27-19-10-11-21(29(2)3)18-9-6-5-8-17(18)19/h5-6,8-11,15-16H,4,7,13-14H2,1-3H3,(H2,27,28,31). The molecule has 3 aromatic rings. The fraction of sp³-hybridized carbons (Fsp3) is 0.304. The van der Waals surface area contributed by atoms with Gasteiger partial charge in [-0.15, -0.1) is 0 Å². The number of benzene rings is 2. The Balaban J connectivity index is 1.84. The van der Waals surface area contributed by atoms with Crippen LogP contribution >= 0.6 is 12.2 Å². The lowest BCUT2D eigenvalue weighted by atomic mass is 10.1. The molecule has 2 aromatic carbocycles. The maximum atomic E-state index is 8.99. The Morgan fingerprint density at radius 2 is 1.81 bits per heavy atom. The molecule has 3 rings (SSSR count). The number of nitrogens with one attached hydrogen (secondary N) is 2. The van der Waals surface area contributed by atoms with E-state index in [2.05, 4.69) is 61.6 Å². The van der Waals surface area contributed by atoms with Crippen molar-refractivity contribution < 1.29 is 0 Å². The van der Waals surface area contributed by atoms with Gasteiger partial charge in [0.15, 0.2) is 10.9 Å². The van der Waals surface area contributed by atoms with E-state index in [-0.39, 0.29) is 0 Å². The second-order valence-electron chi connectivity index (χ2n) is 7.31. The second kappa shape index (κ2) is 10.5. The van der Waals surface area contributed by atoms with Crippen LogP contribution in [0.15, 0.2) is 48.9 Å². The molecular weight excluding hydrogens is 406 g/mol. The Hall–Kier alpha value is -3.44. The zero-order valence-corrected chi connectivity index (χ0v) is 18.9. The quantitative estimate of drug-likeness (QED) is 0.498. The lowest BCUT2D eigenvalue weighted by Gasteiger charge is -2.24. The highest BCUT2D eigenvalue weighted by Crippen LogP contribution is 2.31. The van der Waals surface area contributed by atoms with Crippen LogP contribution in [0.1, 0.15) is 19.8 Å². The van der Waals surface area contributed by atoms with Crippen LogP contribution in [-0.4, -0.2) is 42.3 Å². The first kappa shape index (κ1) is 22.2. The van der Waals surface area contributed by atoms with Crippen LogP contribution in [0.3, 0.4) is 0 Å². The van der Waals surface area contributed by atoms with Gasteiger partial charge in [0, 0.05) is 49.3 Å². The van der Waals surface area contributed by atoms with Gasteiger partial charge in [-0.2, -0.15) is 5.26 Å². The molecule has 31 heavy (non-hydrogen) atoms. The highest BCUT2D eigenvalue weighted by molar-refractivity contribution is 7.80. The Kier molecular flexibility index (Phi) is 7.57. The number of nitrogens with zero attached hydrogens (tertiary/aromatic N) is 5. The first-order chi connectivity index (χ1) is 15.0. The summed E-state index contributed by atoms with van der Waals surface area (Å²) in [6.45, 7) is 3.50. The molecule has 0 spiro atoms. The van der Waals surface area contributed by atoms with E-state index in [1.54, 1.807) is 6.20 Å². The normalized spacial score (nSPS) is 10.4. The SMILES string of the molecule is CCCN(CCC#N)c1ncncc1NC(=S)Nc1ccc(N(C)C)c2ccccc12. The number of nitriles is 1. The van der Waals surface area contributed by atoms with Crippen LogP contribution in [-0.2, 0) is 0 Å². The molecule has 0 aliphatic heterocycles. The molecule has 0 fully saturated rings. The van der Waals surface area contributed by atoms with Gasteiger partial charge in [0.1, 0.15) is 12.0 Å². The van der Waals surface area contributed by atoms with Crippen molar-refractivity contribution in [3.05, 3.63) is 48.9 Å². The van der Waals surface area contributed by atoms with Gasteiger partial charge < -0.3 is 20.4 Å². The third-order valence-corrected chi connectivity index (χ3v) is 5.06. The van der Waals surface area contributed by atoms with Crippen molar-refractivity contribution in [2.24, 2.45) is 0 Å². The molecule has 0 aliphatic rings. The zero-order valence-electron chi connectivity index (χ0n) is 18.1. The molecule has 0 saturated heterocycles. The van der Waals surface area contributed by atoms with Crippen molar-refractivity contribution in [2.75, 3.05) is 47.6 Å². The van der Waals surface area contributed by atoms with Crippen molar-refractivity contribution in [2.45, 2.75) is 19.8 Å². The summed E-state index contributed by atoms with van der Waals surface area (Å²) < 4.78 is 0. The van der Waals surface area contributed by atoms with Crippen LogP contribution < -0.4 is 20.4 Å². The topological polar surface area (TPSA) is 80.1 Å². The monoisotopic (exact) mass is 433 g/mol. The molecule has 1 aromatic heterocycles. The van der Waals surface area contributed by atoms with Crippen LogP contribution in [0.4, 0.5) is 22.9 Å². The van der Waals surface area contributed by atoms with Crippen molar-refractivity contribution in [3.8, 4) is 6.07 Å². The molecule has 0 atom stereocenters.